The molecule has 2 N–H and O–H groups in total. The van der Waals surface area contributed by atoms with Crippen LogP contribution < -0.4 is 5.73 Å². The zero-order chi connectivity index (χ0) is 15.2. The minimum absolute atomic E-state index is 0.120. The normalized spacial score (nSPS) is 10.1. The van der Waals surface area contributed by atoms with Crippen molar-refractivity contribution < 1.29 is 9.59 Å². The molecule has 0 bridgehead atoms. The lowest BCUT2D eigenvalue weighted by Gasteiger charge is -2.21. The number of pyridine rings is 1. The van der Waals surface area contributed by atoms with Crippen molar-refractivity contribution >= 4 is 11.8 Å². The van der Waals surface area contributed by atoms with Gasteiger partial charge in [0.15, 0.2) is 0 Å². The first-order chi connectivity index (χ1) is 10.1. The number of primary amides is 1. The van der Waals surface area contributed by atoms with E-state index in [0.717, 1.165) is 5.56 Å². The number of carbonyl (C=O) groups excluding carboxylic acids is 2. The first-order valence-corrected chi connectivity index (χ1v) is 6.71. The predicted octanol–water partition coefficient (Wildman–Crippen LogP) is 1.84. The molecule has 1 heterocycles. The molecule has 0 aliphatic heterocycles. The van der Waals surface area contributed by atoms with Gasteiger partial charge in [-0.05, 0) is 24.6 Å². The van der Waals surface area contributed by atoms with Crippen LogP contribution in [0.15, 0.2) is 48.7 Å². The second kappa shape index (κ2) is 6.65. The highest BCUT2D eigenvalue weighted by Gasteiger charge is 2.15. The highest BCUT2D eigenvalue weighted by molar-refractivity contribution is 5.95. The molecule has 0 unspecified atom stereocenters. The Kier molecular flexibility index (Phi) is 4.66. The van der Waals surface area contributed by atoms with E-state index in [-0.39, 0.29) is 11.6 Å². The van der Waals surface area contributed by atoms with E-state index >= 15 is 0 Å². The third kappa shape index (κ3) is 3.66. The summed E-state index contributed by atoms with van der Waals surface area (Å²) >= 11 is 0. The highest BCUT2D eigenvalue weighted by Crippen LogP contribution is 2.10. The van der Waals surface area contributed by atoms with Gasteiger partial charge in [0, 0.05) is 19.3 Å². The van der Waals surface area contributed by atoms with Crippen molar-refractivity contribution in [1.82, 2.24) is 9.88 Å². The molecule has 2 rings (SSSR count). The largest absolute Gasteiger partial charge is 0.364 e. The van der Waals surface area contributed by atoms with Crippen LogP contribution in [0.2, 0.25) is 0 Å². The second-order valence-corrected chi connectivity index (χ2v) is 4.60. The van der Waals surface area contributed by atoms with Gasteiger partial charge in [-0.1, -0.05) is 30.3 Å². The Morgan fingerprint density at radius 3 is 2.38 bits per heavy atom. The average molecular weight is 283 g/mol. The van der Waals surface area contributed by atoms with Gasteiger partial charge in [-0.25, -0.2) is 0 Å². The number of nitrogens with two attached hydrogens (primary N) is 1. The summed E-state index contributed by atoms with van der Waals surface area (Å²) in [6.07, 6.45) is 1.38. The molecule has 5 nitrogen and oxygen atoms in total. The Balaban J connectivity index is 2.14. The van der Waals surface area contributed by atoms with Crippen molar-refractivity contribution in [3.05, 3.63) is 65.5 Å². The van der Waals surface area contributed by atoms with Crippen molar-refractivity contribution in [2.75, 3.05) is 6.54 Å². The molecule has 2 aromatic rings. The van der Waals surface area contributed by atoms with E-state index < -0.39 is 5.91 Å². The molecule has 0 saturated heterocycles. The van der Waals surface area contributed by atoms with Crippen molar-refractivity contribution in [2.24, 2.45) is 5.73 Å². The van der Waals surface area contributed by atoms with Gasteiger partial charge in [0.25, 0.3) is 11.8 Å². The minimum atomic E-state index is -0.606. The van der Waals surface area contributed by atoms with E-state index in [1.54, 1.807) is 11.0 Å². The lowest BCUT2D eigenvalue weighted by Crippen LogP contribution is -2.30. The van der Waals surface area contributed by atoms with Crippen molar-refractivity contribution in [2.45, 2.75) is 13.5 Å². The summed E-state index contributed by atoms with van der Waals surface area (Å²) in [5, 5.41) is 0. The van der Waals surface area contributed by atoms with Gasteiger partial charge in [0.1, 0.15) is 5.69 Å². The quantitative estimate of drug-likeness (QED) is 0.909. The number of amides is 2. The molecule has 21 heavy (non-hydrogen) atoms. The van der Waals surface area contributed by atoms with Crippen LogP contribution in [-0.2, 0) is 6.54 Å². The fraction of sp³-hybridized carbons (Fsp3) is 0.188. The first-order valence-electron chi connectivity index (χ1n) is 6.71. The van der Waals surface area contributed by atoms with Crippen LogP contribution >= 0.6 is 0 Å². The maximum atomic E-state index is 12.4. The Morgan fingerprint density at radius 2 is 1.86 bits per heavy atom. The number of hydrogen-bond acceptors (Lipinski definition) is 3. The van der Waals surface area contributed by atoms with Gasteiger partial charge in [0.2, 0.25) is 0 Å². The van der Waals surface area contributed by atoms with Gasteiger partial charge in [-0.3, -0.25) is 14.6 Å². The molecule has 0 saturated carbocycles. The Bertz CT molecular complexity index is 624. The van der Waals surface area contributed by atoms with E-state index in [1.807, 2.05) is 37.3 Å². The molecule has 0 radical (unpaired) electrons. The lowest BCUT2D eigenvalue weighted by molar-refractivity contribution is 0.0751. The van der Waals surface area contributed by atoms with Gasteiger partial charge in [0.05, 0.1) is 5.56 Å². The molecule has 108 valence electrons. The van der Waals surface area contributed by atoms with E-state index in [9.17, 15) is 9.59 Å². The van der Waals surface area contributed by atoms with Gasteiger partial charge < -0.3 is 10.6 Å². The summed E-state index contributed by atoms with van der Waals surface area (Å²) in [4.78, 5) is 29.0. The van der Waals surface area contributed by atoms with Crippen molar-refractivity contribution in [1.29, 1.82) is 0 Å². The molecular weight excluding hydrogens is 266 g/mol. The van der Waals surface area contributed by atoms with Crippen LogP contribution in [-0.4, -0.2) is 28.2 Å². The third-order valence-corrected chi connectivity index (χ3v) is 3.15. The van der Waals surface area contributed by atoms with E-state index in [0.29, 0.717) is 18.7 Å². The topological polar surface area (TPSA) is 76.3 Å². The lowest BCUT2D eigenvalue weighted by atomic mass is 10.2. The molecule has 1 aromatic carbocycles. The fourth-order valence-corrected chi connectivity index (χ4v) is 1.98. The number of aromatic nitrogens is 1. The average Bonchev–Trinajstić information content (AvgIpc) is 2.53. The molecule has 0 aliphatic carbocycles. The summed E-state index contributed by atoms with van der Waals surface area (Å²) in [5.41, 5.74) is 6.79. The van der Waals surface area contributed by atoms with Crippen LogP contribution in [0.5, 0.6) is 0 Å². The summed E-state index contributed by atoms with van der Waals surface area (Å²) in [5.74, 6) is -0.726. The Labute approximate surface area is 123 Å². The molecule has 0 aliphatic rings. The number of rotatable bonds is 5. The number of hydrogen-bond donors (Lipinski definition) is 1. The van der Waals surface area contributed by atoms with Gasteiger partial charge >= 0.3 is 0 Å². The summed E-state index contributed by atoms with van der Waals surface area (Å²) in [6, 6.07) is 12.8. The molecule has 0 atom stereocenters. The molecule has 2 amide bonds. The second-order valence-electron chi connectivity index (χ2n) is 4.60. The zero-order valence-electron chi connectivity index (χ0n) is 11.8. The molecule has 5 heteroatoms. The van der Waals surface area contributed by atoms with Crippen molar-refractivity contribution in [3.8, 4) is 0 Å². The van der Waals surface area contributed by atoms with E-state index in [1.165, 1.54) is 12.3 Å². The van der Waals surface area contributed by atoms with E-state index in [2.05, 4.69) is 4.98 Å². The summed E-state index contributed by atoms with van der Waals surface area (Å²) in [6.45, 7) is 3.05. The Hall–Kier alpha value is -2.69. The smallest absolute Gasteiger partial charge is 0.267 e. The molecular formula is C16H17N3O2. The maximum Gasteiger partial charge on any atom is 0.267 e. The SMILES string of the molecule is CCN(Cc1ccccc1)C(=O)c1ccc(C(N)=O)nc1. The minimum Gasteiger partial charge on any atom is -0.364 e. The van der Waals surface area contributed by atoms with Crippen LogP contribution in [0.25, 0.3) is 0 Å². The van der Waals surface area contributed by atoms with Crippen LogP contribution in [0, 0.1) is 0 Å². The van der Waals surface area contributed by atoms with Gasteiger partial charge in [-0.15, -0.1) is 0 Å². The van der Waals surface area contributed by atoms with Crippen LogP contribution in [0.4, 0.5) is 0 Å². The third-order valence-electron chi connectivity index (χ3n) is 3.15. The fourth-order valence-electron chi connectivity index (χ4n) is 1.98. The monoisotopic (exact) mass is 283 g/mol. The Morgan fingerprint density at radius 1 is 1.14 bits per heavy atom. The highest BCUT2D eigenvalue weighted by atomic mass is 16.2. The molecule has 0 spiro atoms. The number of nitrogens with zero attached hydrogens (tertiary/aromatic N) is 2. The predicted molar refractivity (Wildman–Crippen MR) is 79.6 cm³/mol. The van der Waals surface area contributed by atoms with Crippen LogP contribution in [0.3, 0.4) is 0 Å². The molecule has 0 fully saturated rings. The van der Waals surface area contributed by atoms with Crippen molar-refractivity contribution in [3.63, 3.8) is 0 Å². The number of benzene rings is 1. The van der Waals surface area contributed by atoms with Crippen LogP contribution in [0.1, 0.15) is 33.3 Å². The summed E-state index contributed by atoms with van der Waals surface area (Å²) < 4.78 is 0. The summed E-state index contributed by atoms with van der Waals surface area (Å²) in [7, 11) is 0. The maximum absolute atomic E-state index is 12.4. The molecule has 1 aromatic heterocycles. The van der Waals surface area contributed by atoms with Gasteiger partial charge in [-0.2, -0.15) is 0 Å². The first kappa shape index (κ1) is 14.7. The van der Waals surface area contributed by atoms with E-state index in [4.69, 9.17) is 5.73 Å². The number of carbonyl (C=O) groups is 2. The standard InChI is InChI=1S/C16H17N3O2/c1-2-19(11-12-6-4-3-5-7-12)16(21)13-8-9-14(15(17)20)18-10-13/h3-10H,2,11H2,1H3,(H2,17,20). The zero-order valence-corrected chi connectivity index (χ0v) is 11.8.